The maximum atomic E-state index is 12.1. The van der Waals surface area contributed by atoms with E-state index in [0.717, 1.165) is 14.9 Å². The molecule has 2 rings (SSSR count). The lowest BCUT2D eigenvalue weighted by Crippen LogP contribution is -2.23. The molecule has 0 saturated carbocycles. The van der Waals surface area contributed by atoms with Gasteiger partial charge in [0.05, 0.1) is 17.1 Å². The van der Waals surface area contributed by atoms with Gasteiger partial charge in [0, 0.05) is 3.57 Å². The highest BCUT2D eigenvalue weighted by molar-refractivity contribution is 14.1. The van der Waals surface area contributed by atoms with Gasteiger partial charge >= 0.3 is 5.97 Å². The molecule has 1 aromatic heterocycles. The summed E-state index contributed by atoms with van der Waals surface area (Å²) in [6.07, 6.45) is 0. The van der Waals surface area contributed by atoms with E-state index >= 15 is 0 Å². The minimum Gasteiger partial charge on any atom is -0.477 e. The highest BCUT2D eigenvalue weighted by Crippen LogP contribution is 2.19. The average molecular weight is 438 g/mol. The second-order valence-electron chi connectivity index (χ2n) is 4.11. The van der Waals surface area contributed by atoms with Crippen molar-refractivity contribution in [1.29, 1.82) is 0 Å². The Kier molecular flexibility index (Phi) is 4.96. The van der Waals surface area contributed by atoms with Gasteiger partial charge in [-0.2, -0.15) is 0 Å². The zero-order valence-corrected chi connectivity index (χ0v) is 14.6. The summed E-state index contributed by atoms with van der Waals surface area (Å²) in [7, 11) is -3.63. The molecule has 1 heterocycles. The number of hydrogen-bond acceptors (Lipinski definition) is 5. The van der Waals surface area contributed by atoms with Crippen molar-refractivity contribution in [3.63, 3.8) is 0 Å². The lowest BCUT2D eigenvalue weighted by atomic mass is 10.4. The largest absolute Gasteiger partial charge is 0.477 e. The Hall–Kier alpha value is -1.04. The predicted molar refractivity (Wildman–Crippen MR) is 87.0 cm³/mol. The van der Waals surface area contributed by atoms with Crippen LogP contribution >= 0.6 is 33.9 Å². The van der Waals surface area contributed by atoms with E-state index < -0.39 is 16.0 Å². The van der Waals surface area contributed by atoms with Crippen LogP contribution in [0.1, 0.15) is 20.4 Å². The van der Waals surface area contributed by atoms with E-state index in [2.05, 4.69) is 32.3 Å². The fraction of sp³-hybridized carbons (Fsp3) is 0.167. The minimum atomic E-state index is -3.63. The topological polar surface area (TPSA) is 96.4 Å². The van der Waals surface area contributed by atoms with E-state index in [0.29, 0.717) is 10.7 Å². The summed E-state index contributed by atoms with van der Waals surface area (Å²) in [4.78, 5) is 15.3. The number of rotatable bonds is 5. The minimum absolute atomic E-state index is 0.0346. The van der Waals surface area contributed by atoms with Crippen molar-refractivity contribution >= 4 is 49.9 Å². The first kappa shape index (κ1) is 16.3. The molecule has 0 unspecified atom stereocenters. The SMILES string of the molecule is Cc1nc(CNS(=O)(=O)c2ccc(I)cc2)sc1C(=O)O. The quantitative estimate of drug-likeness (QED) is 0.699. The molecule has 0 atom stereocenters. The molecule has 0 fully saturated rings. The van der Waals surface area contributed by atoms with E-state index in [-0.39, 0.29) is 16.3 Å². The molecule has 6 nitrogen and oxygen atoms in total. The molecule has 112 valence electrons. The van der Waals surface area contributed by atoms with Crippen LogP contribution in [0.3, 0.4) is 0 Å². The molecule has 0 aliphatic rings. The number of thiazole rings is 1. The van der Waals surface area contributed by atoms with Crippen LogP contribution in [0, 0.1) is 10.5 Å². The Morgan fingerprint density at radius 2 is 2.00 bits per heavy atom. The van der Waals surface area contributed by atoms with E-state index in [1.165, 1.54) is 12.1 Å². The Morgan fingerprint density at radius 1 is 1.38 bits per heavy atom. The number of aryl methyl sites for hydroxylation is 1. The van der Waals surface area contributed by atoms with E-state index in [1.807, 2.05) is 0 Å². The Balaban J connectivity index is 2.13. The molecular formula is C12H11IN2O4S2. The van der Waals surface area contributed by atoms with Crippen molar-refractivity contribution in [1.82, 2.24) is 9.71 Å². The van der Waals surface area contributed by atoms with E-state index in [1.54, 1.807) is 19.1 Å². The summed E-state index contributed by atoms with van der Waals surface area (Å²) in [5.41, 5.74) is 0.385. The summed E-state index contributed by atoms with van der Waals surface area (Å²) < 4.78 is 27.5. The number of halogens is 1. The van der Waals surface area contributed by atoms with E-state index in [4.69, 9.17) is 5.11 Å². The number of carboxylic acid groups (broad SMARTS) is 1. The van der Waals surface area contributed by atoms with Crippen molar-refractivity contribution < 1.29 is 18.3 Å². The van der Waals surface area contributed by atoms with Crippen LogP contribution in [0.25, 0.3) is 0 Å². The zero-order valence-electron chi connectivity index (χ0n) is 10.8. The second kappa shape index (κ2) is 6.38. The molecule has 0 spiro atoms. The molecule has 2 N–H and O–H groups in total. The number of benzene rings is 1. The van der Waals surface area contributed by atoms with Gasteiger partial charge in [-0.3, -0.25) is 0 Å². The summed E-state index contributed by atoms with van der Waals surface area (Å²) in [5, 5.41) is 9.36. The highest BCUT2D eigenvalue weighted by atomic mass is 127. The first-order valence-corrected chi connectivity index (χ1v) is 9.12. The molecule has 2 aromatic rings. The summed E-state index contributed by atoms with van der Waals surface area (Å²) in [6, 6.07) is 6.43. The van der Waals surface area contributed by atoms with Gasteiger partial charge in [0.25, 0.3) is 0 Å². The lowest BCUT2D eigenvalue weighted by molar-refractivity contribution is 0.0701. The number of nitrogens with zero attached hydrogens (tertiary/aromatic N) is 1. The molecule has 1 aromatic carbocycles. The zero-order chi connectivity index (χ0) is 15.6. The Labute approximate surface area is 139 Å². The normalized spacial score (nSPS) is 11.5. The fourth-order valence-corrected chi connectivity index (χ4v) is 3.86. The Morgan fingerprint density at radius 3 is 2.52 bits per heavy atom. The molecular weight excluding hydrogens is 427 g/mol. The third-order valence-electron chi connectivity index (χ3n) is 2.57. The van der Waals surface area contributed by atoms with Crippen LogP contribution in [-0.4, -0.2) is 24.5 Å². The molecule has 0 bridgehead atoms. The second-order valence-corrected chi connectivity index (χ2v) is 8.20. The number of aromatic nitrogens is 1. The van der Waals surface area contributed by atoms with Gasteiger partial charge in [-0.1, -0.05) is 0 Å². The molecule has 0 aliphatic carbocycles. The van der Waals surface area contributed by atoms with E-state index in [9.17, 15) is 13.2 Å². The first-order chi connectivity index (χ1) is 9.79. The van der Waals surface area contributed by atoms with Gasteiger partial charge in [0.1, 0.15) is 9.88 Å². The fourth-order valence-electron chi connectivity index (χ4n) is 1.58. The Bertz CT molecular complexity index is 769. The summed E-state index contributed by atoms with van der Waals surface area (Å²) >= 11 is 3.06. The molecule has 0 saturated heterocycles. The van der Waals surface area contributed by atoms with Gasteiger partial charge in [-0.05, 0) is 53.8 Å². The maximum absolute atomic E-state index is 12.1. The predicted octanol–water partition coefficient (Wildman–Crippen LogP) is 2.23. The first-order valence-electron chi connectivity index (χ1n) is 5.74. The van der Waals surface area contributed by atoms with Crippen LogP contribution in [-0.2, 0) is 16.6 Å². The van der Waals surface area contributed by atoms with Crippen molar-refractivity contribution in [2.75, 3.05) is 0 Å². The standard InChI is InChI=1S/C12H11IN2O4S2/c1-7-11(12(16)17)20-10(15-7)6-14-21(18,19)9-4-2-8(13)3-5-9/h2-5,14H,6H2,1H3,(H,16,17). The van der Waals surface area contributed by atoms with Crippen LogP contribution in [0.4, 0.5) is 0 Å². The van der Waals surface area contributed by atoms with Crippen LogP contribution in [0.2, 0.25) is 0 Å². The molecule has 21 heavy (non-hydrogen) atoms. The number of carboxylic acids is 1. The van der Waals surface area contributed by atoms with Gasteiger partial charge in [-0.15, -0.1) is 11.3 Å². The van der Waals surface area contributed by atoms with Gasteiger partial charge < -0.3 is 5.11 Å². The molecule has 0 radical (unpaired) electrons. The molecule has 9 heteroatoms. The number of hydrogen-bond donors (Lipinski definition) is 2. The van der Waals surface area contributed by atoms with Gasteiger partial charge in [-0.25, -0.2) is 22.9 Å². The van der Waals surface area contributed by atoms with Gasteiger partial charge in [0.2, 0.25) is 10.0 Å². The molecule has 0 aliphatic heterocycles. The van der Waals surface area contributed by atoms with Crippen molar-refractivity contribution in [3.8, 4) is 0 Å². The summed E-state index contributed by atoms with van der Waals surface area (Å²) in [6.45, 7) is 1.55. The summed E-state index contributed by atoms with van der Waals surface area (Å²) in [5.74, 6) is -1.06. The van der Waals surface area contributed by atoms with Crippen molar-refractivity contribution in [2.24, 2.45) is 0 Å². The maximum Gasteiger partial charge on any atom is 0.347 e. The number of sulfonamides is 1. The average Bonchev–Trinajstić information content (AvgIpc) is 2.79. The van der Waals surface area contributed by atoms with Crippen molar-refractivity contribution in [2.45, 2.75) is 18.4 Å². The number of aromatic carboxylic acids is 1. The third kappa shape index (κ3) is 3.99. The lowest BCUT2D eigenvalue weighted by Gasteiger charge is -2.05. The van der Waals surface area contributed by atoms with Crippen LogP contribution < -0.4 is 4.72 Å². The highest BCUT2D eigenvalue weighted by Gasteiger charge is 2.17. The smallest absolute Gasteiger partial charge is 0.347 e. The van der Waals surface area contributed by atoms with Crippen LogP contribution in [0.15, 0.2) is 29.2 Å². The monoisotopic (exact) mass is 438 g/mol. The molecule has 0 amide bonds. The third-order valence-corrected chi connectivity index (χ3v) is 5.85. The number of carbonyl (C=O) groups is 1. The van der Waals surface area contributed by atoms with Crippen molar-refractivity contribution in [3.05, 3.63) is 43.4 Å². The van der Waals surface area contributed by atoms with Crippen LogP contribution in [0.5, 0.6) is 0 Å². The van der Waals surface area contributed by atoms with Gasteiger partial charge in [0.15, 0.2) is 0 Å². The number of nitrogens with one attached hydrogen (secondary N) is 1.